The van der Waals surface area contributed by atoms with Crippen molar-refractivity contribution >= 4 is 23.3 Å². The molecule has 0 saturated carbocycles. The summed E-state index contributed by atoms with van der Waals surface area (Å²) in [6.07, 6.45) is 0.942. The van der Waals surface area contributed by atoms with Crippen molar-refractivity contribution in [3.8, 4) is 5.75 Å². The fourth-order valence-corrected chi connectivity index (χ4v) is 2.04. The van der Waals surface area contributed by atoms with Crippen LogP contribution in [0.15, 0.2) is 48.5 Å². The molecule has 0 heterocycles. The third kappa shape index (κ3) is 5.31. The molecule has 24 heavy (non-hydrogen) atoms. The van der Waals surface area contributed by atoms with Crippen molar-refractivity contribution in [1.82, 2.24) is 5.32 Å². The van der Waals surface area contributed by atoms with Gasteiger partial charge in [-0.15, -0.1) is 0 Å². The normalized spacial score (nSPS) is 9.92. The monoisotopic (exact) mass is 327 g/mol. The zero-order valence-electron chi connectivity index (χ0n) is 13.8. The first kappa shape index (κ1) is 17.3. The first-order chi connectivity index (χ1) is 11.6. The van der Waals surface area contributed by atoms with Crippen LogP contribution in [0, 0.1) is 0 Å². The Morgan fingerprint density at radius 1 is 0.917 bits per heavy atom. The Morgan fingerprint density at radius 2 is 1.50 bits per heavy atom. The van der Waals surface area contributed by atoms with Crippen molar-refractivity contribution in [2.75, 3.05) is 24.3 Å². The minimum atomic E-state index is -0.427. The molecule has 0 bridgehead atoms. The van der Waals surface area contributed by atoms with E-state index in [1.165, 1.54) is 5.56 Å². The second-order valence-corrected chi connectivity index (χ2v) is 5.13. The highest BCUT2D eigenvalue weighted by molar-refractivity contribution is 5.96. The molecule has 3 N–H and O–H groups in total. The van der Waals surface area contributed by atoms with Crippen molar-refractivity contribution < 1.29 is 14.3 Å². The van der Waals surface area contributed by atoms with Gasteiger partial charge in [-0.25, -0.2) is 4.79 Å². The molecule has 0 saturated heterocycles. The van der Waals surface area contributed by atoms with Crippen LogP contribution in [0.2, 0.25) is 0 Å². The molecule has 0 radical (unpaired) electrons. The Morgan fingerprint density at radius 3 is 2.08 bits per heavy atom. The number of amides is 3. The van der Waals surface area contributed by atoms with Crippen LogP contribution in [0.1, 0.15) is 12.5 Å². The predicted molar refractivity (Wildman–Crippen MR) is 94.5 cm³/mol. The van der Waals surface area contributed by atoms with E-state index in [2.05, 4.69) is 22.9 Å². The Labute approximate surface area is 141 Å². The Hall–Kier alpha value is -3.02. The van der Waals surface area contributed by atoms with Crippen LogP contribution in [0.4, 0.5) is 16.2 Å². The smallest absolute Gasteiger partial charge is 0.319 e. The maximum atomic E-state index is 11.8. The second-order valence-electron chi connectivity index (χ2n) is 5.13. The van der Waals surface area contributed by atoms with E-state index in [0.29, 0.717) is 17.1 Å². The number of ether oxygens (including phenoxy) is 1. The molecule has 3 amide bonds. The maximum absolute atomic E-state index is 11.8. The molecule has 6 nitrogen and oxygen atoms in total. The summed E-state index contributed by atoms with van der Waals surface area (Å²) < 4.78 is 5.05. The van der Waals surface area contributed by atoms with Crippen molar-refractivity contribution in [2.24, 2.45) is 0 Å². The number of carbonyl (C=O) groups is 2. The molecule has 0 aromatic heterocycles. The number of aryl methyl sites for hydroxylation is 1. The summed E-state index contributed by atoms with van der Waals surface area (Å²) in [7, 11) is 1.58. The largest absolute Gasteiger partial charge is 0.497 e. The molecule has 0 unspecified atom stereocenters. The summed E-state index contributed by atoms with van der Waals surface area (Å²) in [5, 5.41) is 7.89. The van der Waals surface area contributed by atoms with Gasteiger partial charge in [0.25, 0.3) is 0 Å². The van der Waals surface area contributed by atoms with Crippen LogP contribution in [0.3, 0.4) is 0 Å². The van der Waals surface area contributed by atoms with E-state index >= 15 is 0 Å². The molecule has 0 fully saturated rings. The van der Waals surface area contributed by atoms with Crippen LogP contribution in [0.5, 0.6) is 5.75 Å². The van der Waals surface area contributed by atoms with Gasteiger partial charge in [-0.2, -0.15) is 0 Å². The third-order valence-corrected chi connectivity index (χ3v) is 3.40. The number of carbonyl (C=O) groups excluding carboxylic acids is 2. The van der Waals surface area contributed by atoms with Crippen molar-refractivity contribution in [3.05, 3.63) is 54.1 Å². The molecule has 2 aromatic carbocycles. The lowest BCUT2D eigenvalue weighted by Crippen LogP contribution is -2.35. The predicted octanol–water partition coefficient (Wildman–Crippen LogP) is 3.02. The Balaban J connectivity index is 1.76. The Kier molecular flexibility index (Phi) is 6.19. The standard InChI is InChI=1S/C18H21N3O3/c1-3-13-4-6-15(7-5-13)21-18(23)19-12-17(22)20-14-8-10-16(24-2)11-9-14/h4-11H,3,12H2,1-2H3,(H,20,22)(H2,19,21,23). The van der Waals surface area contributed by atoms with Gasteiger partial charge in [0.15, 0.2) is 0 Å². The topological polar surface area (TPSA) is 79.5 Å². The number of anilines is 2. The Bertz CT molecular complexity index is 620. The molecule has 0 atom stereocenters. The molecule has 0 aliphatic heterocycles. The van der Waals surface area contributed by atoms with E-state index in [4.69, 9.17) is 4.74 Å². The van der Waals surface area contributed by atoms with Gasteiger partial charge in [-0.1, -0.05) is 19.1 Å². The fraction of sp³-hybridized carbons (Fsp3) is 0.222. The molecule has 0 spiro atoms. The van der Waals surface area contributed by atoms with E-state index in [1.54, 1.807) is 31.4 Å². The number of hydrogen-bond donors (Lipinski definition) is 3. The highest BCUT2D eigenvalue weighted by Crippen LogP contribution is 2.14. The lowest BCUT2D eigenvalue weighted by atomic mass is 10.1. The van der Waals surface area contributed by atoms with Crippen LogP contribution in [-0.2, 0) is 11.2 Å². The summed E-state index contributed by atoms with van der Waals surface area (Å²) >= 11 is 0. The van der Waals surface area contributed by atoms with Gasteiger partial charge in [0.2, 0.25) is 5.91 Å². The summed E-state index contributed by atoms with van der Waals surface area (Å²) in [6, 6.07) is 14.1. The molecule has 0 aliphatic rings. The van der Waals surface area contributed by atoms with Gasteiger partial charge in [0.05, 0.1) is 13.7 Å². The fourth-order valence-electron chi connectivity index (χ4n) is 2.04. The van der Waals surface area contributed by atoms with E-state index < -0.39 is 6.03 Å². The van der Waals surface area contributed by atoms with Gasteiger partial charge in [0, 0.05) is 11.4 Å². The number of nitrogens with one attached hydrogen (secondary N) is 3. The van der Waals surface area contributed by atoms with Crippen LogP contribution < -0.4 is 20.7 Å². The molecular formula is C18H21N3O3. The SMILES string of the molecule is CCc1ccc(NC(=O)NCC(=O)Nc2ccc(OC)cc2)cc1. The lowest BCUT2D eigenvalue weighted by Gasteiger charge is -2.09. The molecule has 126 valence electrons. The van der Waals surface area contributed by atoms with Crippen LogP contribution in [-0.4, -0.2) is 25.6 Å². The van der Waals surface area contributed by atoms with E-state index in [9.17, 15) is 9.59 Å². The van der Waals surface area contributed by atoms with E-state index in [0.717, 1.165) is 6.42 Å². The van der Waals surface area contributed by atoms with Crippen molar-refractivity contribution in [3.63, 3.8) is 0 Å². The molecule has 6 heteroatoms. The van der Waals surface area contributed by atoms with Gasteiger partial charge < -0.3 is 20.7 Å². The third-order valence-electron chi connectivity index (χ3n) is 3.40. The average molecular weight is 327 g/mol. The lowest BCUT2D eigenvalue weighted by molar-refractivity contribution is -0.115. The quantitative estimate of drug-likeness (QED) is 0.763. The number of hydrogen-bond acceptors (Lipinski definition) is 3. The molecule has 0 aliphatic carbocycles. The number of methoxy groups -OCH3 is 1. The number of benzene rings is 2. The van der Waals surface area contributed by atoms with Gasteiger partial charge in [0.1, 0.15) is 5.75 Å². The summed E-state index contributed by atoms with van der Waals surface area (Å²) in [5.74, 6) is 0.399. The zero-order chi connectivity index (χ0) is 17.4. The van der Waals surface area contributed by atoms with Crippen LogP contribution in [0.25, 0.3) is 0 Å². The minimum Gasteiger partial charge on any atom is -0.497 e. The molecule has 2 rings (SSSR count). The van der Waals surface area contributed by atoms with E-state index in [-0.39, 0.29) is 12.5 Å². The summed E-state index contributed by atoms with van der Waals surface area (Å²) in [4.78, 5) is 23.6. The average Bonchev–Trinajstić information content (AvgIpc) is 2.61. The first-order valence-electron chi connectivity index (χ1n) is 7.68. The van der Waals surface area contributed by atoms with Crippen molar-refractivity contribution in [1.29, 1.82) is 0 Å². The van der Waals surface area contributed by atoms with Crippen LogP contribution >= 0.6 is 0 Å². The van der Waals surface area contributed by atoms with Gasteiger partial charge in [-0.05, 0) is 48.4 Å². The van der Waals surface area contributed by atoms with E-state index in [1.807, 2.05) is 24.3 Å². The highest BCUT2D eigenvalue weighted by atomic mass is 16.5. The van der Waals surface area contributed by atoms with Gasteiger partial charge in [-0.3, -0.25) is 4.79 Å². The zero-order valence-corrected chi connectivity index (χ0v) is 13.8. The highest BCUT2D eigenvalue weighted by Gasteiger charge is 2.06. The molecular weight excluding hydrogens is 306 g/mol. The summed E-state index contributed by atoms with van der Waals surface area (Å²) in [5.41, 5.74) is 2.51. The summed E-state index contributed by atoms with van der Waals surface area (Å²) in [6.45, 7) is 1.95. The maximum Gasteiger partial charge on any atom is 0.319 e. The number of urea groups is 1. The first-order valence-corrected chi connectivity index (χ1v) is 7.68. The molecule has 2 aromatic rings. The minimum absolute atomic E-state index is 0.120. The van der Waals surface area contributed by atoms with Gasteiger partial charge >= 0.3 is 6.03 Å². The second kappa shape index (κ2) is 8.57. The van der Waals surface area contributed by atoms with Crippen molar-refractivity contribution in [2.45, 2.75) is 13.3 Å². The number of rotatable bonds is 6.